The van der Waals surface area contributed by atoms with Crippen molar-refractivity contribution in [1.82, 2.24) is 0 Å². The first kappa shape index (κ1) is 17.1. The second-order valence-electron chi connectivity index (χ2n) is 5.40. The van der Waals surface area contributed by atoms with Crippen LogP contribution in [-0.4, -0.2) is 18.9 Å². The van der Waals surface area contributed by atoms with Crippen molar-refractivity contribution in [3.05, 3.63) is 29.8 Å². The molecule has 1 saturated carbocycles. The molecule has 1 unspecified atom stereocenters. The first-order valence-corrected chi connectivity index (χ1v) is 7.25. The minimum absolute atomic E-state index is 0.172. The van der Waals surface area contributed by atoms with E-state index in [0.717, 1.165) is 6.42 Å². The normalized spacial score (nSPS) is 17.5. The Balaban J connectivity index is 2.26. The van der Waals surface area contributed by atoms with E-state index in [1.54, 1.807) is 6.92 Å². The van der Waals surface area contributed by atoms with Crippen LogP contribution >= 0.6 is 0 Å². The predicted octanol–water partition coefficient (Wildman–Crippen LogP) is 3.71. The molecular weight excluding hydrogens is 311 g/mol. The van der Waals surface area contributed by atoms with Gasteiger partial charge >= 0.3 is 12.3 Å². The molecule has 1 atom stereocenters. The topological polar surface area (TPSA) is 59.3 Å². The van der Waals surface area contributed by atoms with E-state index in [0.29, 0.717) is 18.4 Å². The van der Waals surface area contributed by atoms with Crippen molar-refractivity contribution < 1.29 is 27.4 Å². The highest BCUT2D eigenvalue weighted by atomic mass is 19.4. The van der Waals surface area contributed by atoms with Gasteiger partial charge in [-0.1, -0.05) is 18.6 Å². The Bertz CT molecular complexity index is 600. The molecule has 0 heterocycles. The monoisotopic (exact) mass is 327 g/mol. The van der Waals surface area contributed by atoms with Crippen molar-refractivity contribution in [3.63, 3.8) is 0 Å². The van der Waals surface area contributed by atoms with E-state index in [9.17, 15) is 23.2 Å². The number of halogens is 3. The van der Waals surface area contributed by atoms with Crippen molar-refractivity contribution in [3.8, 4) is 11.8 Å². The second-order valence-corrected chi connectivity index (χ2v) is 5.40. The fourth-order valence-electron chi connectivity index (χ4n) is 2.92. The van der Waals surface area contributed by atoms with E-state index < -0.39 is 23.7 Å². The van der Waals surface area contributed by atoms with Gasteiger partial charge in [0.25, 0.3) is 0 Å². The van der Waals surface area contributed by atoms with E-state index in [1.807, 2.05) is 6.07 Å². The Morgan fingerprint density at radius 1 is 1.35 bits per heavy atom. The summed E-state index contributed by atoms with van der Waals surface area (Å²) in [4.78, 5) is 12.0. The smallest absolute Gasteiger partial charge is 0.465 e. The molecule has 0 amide bonds. The van der Waals surface area contributed by atoms with Gasteiger partial charge < -0.3 is 9.47 Å². The van der Waals surface area contributed by atoms with E-state index in [-0.39, 0.29) is 12.4 Å². The van der Waals surface area contributed by atoms with Gasteiger partial charge in [0.05, 0.1) is 12.7 Å². The van der Waals surface area contributed by atoms with E-state index >= 15 is 0 Å². The highest BCUT2D eigenvalue weighted by molar-refractivity contribution is 5.78. The first-order valence-electron chi connectivity index (χ1n) is 7.25. The molecule has 0 saturated heterocycles. The molecule has 7 heteroatoms. The zero-order valence-corrected chi connectivity index (χ0v) is 12.5. The van der Waals surface area contributed by atoms with Crippen LogP contribution in [0.1, 0.15) is 31.7 Å². The number of hydrogen-bond acceptors (Lipinski definition) is 4. The zero-order chi connectivity index (χ0) is 17.1. The Hall–Kier alpha value is -2.23. The number of alkyl halides is 3. The largest absolute Gasteiger partial charge is 0.573 e. The van der Waals surface area contributed by atoms with Gasteiger partial charge in [-0.15, -0.1) is 13.2 Å². The number of hydrogen-bond donors (Lipinski definition) is 0. The number of esters is 1. The van der Waals surface area contributed by atoms with Gasteiger partial charge in [0.1, 0.15) is 5.75 Å². The van der Waals surface area contributed by atoms with Crippen LogP contribution in [0.5, 0.6) is 5.75 Å². The van der Waals surface area contributed by atoms with Crippen LogP contribution in [0.15, 0.2) is 24.3 Å². The van der Waals surface area contributed by atoms with E-state index in [1.165, 1.54) is 24.3 Å². The maximum atomic E-state index is 12.2. The molecule has 0 aromatic heterocycles. The SMILES string of the molecule is CCOC(=O)C(C#N)C1(c2ccc(OC(F)(F)F)cc2)CCC1. The van der Waals surface area contributed by atoms with Crippen LogP contribution in [0, 0.1) is 17.2 Å². The number of nitriles is 1. The zero-order valence-electron chi connectivity index (χ0n) is 12.5. The number of rotatable bonds is 5. The standard InChI is InChI=1S/C16H16F3NO3/c1-2-22-14(21)13(10-20)15(8-3-9-15)11-4-6-12(7-5-11)23-16(17,18)19/h4-7,13H,2-3,8-9H2,1H3. The van der Waals surface area contributed by atoms with Gasteiger partial charge in [-0.3, -0.25) is 4.79 Å². The van der Waals surface area contributed by atoms with Crippen molar-refractivity contribution in [2.75, 3.05) is 6.61 Å². The lowest BCUT2D eigenvalue weighted by atomic mass is 9.58. The molecule has 1 aliphatic rings. The summed E-state index contributed by atoms with van der Waals surface area (Å²) in [5.74, 6) is -1.89. The van der Waals surface area contributed by atoms with Crippen LogP contribution in [0.4, 0.5) is 13.2 Å². The Labute approximate surface area is 131 Å². The summed E-state index contributed by atoms with van der Waals surface area (Å²) in [5, 5.41) is 9.37. The fourth-order valence-corrected chi connectivity index (χ4v) is 2.92. The number of carbonyl (C=O) groups excluding carboxylic acids is 1. The number of ether oxygens (including phenoxy) is 2. The van der Waals surface area contributed by atoms with Crippen molar-refractivity contribution in [1.29, 1.82) is 5.26 Å². The van der Waals surface area contributed by atoms with Gasteiger partial charge in [-0.25, -0.2) is 0 Å². The van der Waals surface area contributed by atoms with Gasteiger partial charge in [-0.2, -0.15) is 5.26 Å². The van der Waals surface area contributed by atoms with Crippen molar-refractivity contribution >= 4 is 5.97 Å². The van der Waals surface area contributed by atoms with Crippen molar-refractivity contribution in [2.45, 2.75) is 38.0 Å². The van der Waals surface area contributed by atoms with Crippen LogP contribution in [0.2, 0.25) is 0 Å². The Morgan fingerprint density at radius 2 is 1.96 bits per heavy atom. The first-order chi connectivity index (χ1) is 10.8. The molecule has 1 aromatic carbocycles. The predicted molar refractivity (Wildman–Crippen MR) is 74.4 cm³/mol. The lowest BCUT2D eigenvalue weighted by Gasteiger charge is -2.44. The van der Waals surface area contributed by atoms with Crippen molar-refractivity contribution in [2.24, 2.45) is 5.92 Å². The molecule has 0 spiro atoms. The van der Waals surface area contributed by atoms with E-state index in [2.05, 4.69) is 4.74 Å². The van der Waals surface area contributed by atoms with E-state index in [4.69, 9.17) is 4.74 Å². The Kier molecular flexibility index (Phi) is 4.83. The van der Waals surface area contributed by atoms with Gasteiger partial charge in [0, 0.05) is 5.41 Å². The minimum Gasteiger partial charge on any atom is -0.465 e. The van der Waals surface area contributed by atoms with Crippen LogP contribution < -0.4 is 4.74 Å². The molecule has 23 heavy (non-hydrogen) atoms. The molecule has 0 N–H and O–H groups in total. The van der Waals surface area contributed by atoms with Gasteiger partial charge in [-0.05, 0) is 37.5 Å². The molecule has 1 fully saturated rings. The number of nitrogens with zero attached hydrogens (tertiary/aromatic N) is 1. The molecule has 1 aromatic rings. The summed E-state index contributed by atoms with van der Waals surface area (Å²) in [6.07, 6.45) is -2.68. The minimum atomic E-state index is -4.75. The maximum absolute atomic E-state index is 12.2. The molecular formula is C16H16F3NO3. The summed E-state index contributed by atoms with van der Waals surface area (Å²) in [6, 6.07) is 7.34. The third-order valence-corrected chi connectivity index (χ3v) is 4.11. The van der Waals surface area contributed by atoms with Crippen LogP contribution in [0.25, 0.3) is 0 Å². The summed E-state index contributed by atoms with van der Waals surface area (Å²) >= 11 is 0. The molecule has 124 valence electrons. The molecule has 1 aliphatic carbocycles. The summed E-state index contributed by atoms with van der Waals surface area (Å²) in [7, 11) is 0. The lowest BCUT2D eigenvalue weighted by Crippen LogP contribution is -2.45. The fraction of sp³-hybridized carbons (Fsp3) is 0.500. The molecule has 2 rings (SSSR count). The highest BCUT2D eigenvalue weighted by Gasteiger charge is 2.50. The third kappa shape index (κ3) is 3.58. The number of benzene rings is 1. The average Bonchev–Trinajstić information content (AvgIpc) is 2.42. The van der Waals surface area contributed by atoms with Crippen LogP contribution in [-0.2, 0) is 14.9 Å². The molecule has 4 nitrogen and oxygen atoms in total. The summed E-state index contributed by atoms with van der Waals surface area (Å²) < 4.78 is 45.4. The lowest BCUT2D eigenvalue weighted by molar-refractivity contribution is -0.274. The summed E-state index contributed by atoms with van der Waals surface area (Å²) in [6.45, 7) is 1.83. The van der Waals surface area contributed by atoms with Crippen LogP contribution in [0.3, 0.4) is 0 Å². The number of carbonyl (C=O) groups is 1. The molecule has 0 radical (unpaired) electrons. The van der Waals surface area contributed by atoms with Gasteiger partial charge in [0.15, 0.2) is 5.92 Å². The second kappa shape index (κ2) is 6.49. The highest BCUT2D eigenvalue weighted by Crippen LogP contribution is 2.50. The average molecular weight is 327 g/mol. The van der Waals surface area contributed by atoms with Gasteiger partial charge in [0.2, 0.25) is 0 Å². The molecule has 0 bridgehead atoms. The molecule has 0 aliphatic heterocycles. The maximum Gasteiger partial charge on any atom is 0.573 e. The summed E-state index contributed by atoms with van der Waals surface area (Å²) in [5.41, 5.74) is -0.0458. The third-order valence-electron chi connectivity index (χ3n) is 4.11. The Morgan fingerprint density at radius 3 is 2.35 bits per heavy atom. The quantitative estimate of drug-likeness (QED) is 0.774.